The summed E-state index contributed by atoms with van der Waals surface area (Å²) in [5, 5.41) is 3.34. The third-order valence-corrected chi connectivity index (χ3v) is 7.09. The van der Waals surface area contributed by atoms with E-state index in [1.165, 1.54) is 6.33 Å². The van der Waals surface area contributed by atoms with Crippen molar-refractivity contribution in [3.63, 3.8) is 0 Å². The number of benzene rings is 2. The highest BCUT2D eigenvalue weighted by atomic mass is 19.3. The lowest BCUT2D eigenvalue weighted by molar-refractivity contribution is -0.165. The second-order valence-corrected chi connectivity index (χ2v) is 10.8. The summed E-state index contributed by atoms with van der Waals surface area (Å²) in [4.78, 5) is 21.9. The van der Waals surface area contributed by atoms with Crippen molar-refractivity contribution in [3.8, 4) is 11.5 Å². The second kappa shape index (κ2) is 20.2. The largest absolute Gasteiger partial charge is 0.457 e. The monoisotopic (exact) mass is 636 g/mol. The van der Waals surface area contributed by atoms with Crippen molar-refractivity contribution in [1.82, 2.24) is 19.9 Å². The minimum Gasteiger partial charge on any atom is -0.457 e. The van der Waals surface area contributed by atoms with Gasteiger partial charge in [0.25, 0.3) is 0 Å². The SMILES string of the molecule is CC.CCC(C)C=Nc1cc(Oc2ccc(Nc3ncnc4cnc(C)nc34)cc2C)ccc1C.CCCCC(CC)OC(F)F. The van der Waals surface area contributed by atoms with Gasteiger partial charge in [-0.15, -0.1) is 0 Å². The highest BCUT2D eigenvalue weighted by Crippen LogP contribution is 2.32. The molecule has 0 aliphatic rings. The fourth-order valence-electron chi connectivity index (χ4n) is 4.19. The summed E-state index contributed by atoms with van der Waals surface area (Å²) in [5.74, 6) is 3.30. The summed E-state index contributed by atoms with van der Waals surface area (Å²) in [6.07, 6.45) is 9.43. The molecule has 2 aromatic heterocycles. The molecule has 2 heterocycles. The van der Waals surface area contributed by atoms with E-state index in [2.05, 4.69) is 55.8 Å². The third-order valence-electron chi connectivity index (χ3n) is 7.09. The van der Waals surface area contributed by atoms with Gasteiger partial charge in [0.2, 0.25) is 0 Å². The van der Waals surface area contributed by atoms with E-state index >= 15 is 0 Å². The topological polar surface area (TPSA) is 94.4 Å². The molecule has 0 bridgehead atoms. The summed E-state index contributed by atoms with van der Waals surface area (Å²) in [7, 11) is 0. The molecule has 0 saturated heterocycles. The van der Waals surface area contributed by atoms with Crippen LogP contribution >= 0.6 is 0 Å². The number of nitrogens with one attached hydrogen (secondary N) is 1. The molecular weight excluding hydrogens is 586 g/mol. The van der Waals surface area contributed by atoms with Gasteiger partial charge in [0.15, 0.2) is 5.82 Å². The van der Waals surface area contributed by atoms with Gasteiger partial charge in [0, 0.05) is 18.0 Å². The molecule has 0 amide bonds. The van der Waals surface area contributed by atoms with Crippen molar-refractivity contribution in [2.45, 2.75) is 107 Å². The molecule has 4 rings (SSSR count). The second-order valence-electron chi connectivity index (χ2n) is 10.8. The maximum atomic E-state index is 11.7. The van der Waals surface area contributed by atoms with Crippen LogP contribution in [0.1, 0.15) is 90.6 Å². The number of aromatic nitrogens is 4. The van der Waals surface area contributed by atoms with E-state index in [1.54, 1.807) is 6.20 Å². The summed E-state index contributed by atoms with van der Waals surface area (Å²) in [6, 6.07) is 11.9. The van der Waals surface area contributed by atoms with Crippen LogP contribution < -0.4 is 10.1 Å². The van der Waals surface area contributed by atoms with E-state index in [9.17, 15) is 8.78 Å². The number of anilines is 2. The molecule has 1 N–H and O–H groups in total. The summed E-state index contributed by atoms with van der Waals surface area (Å²) in [5.41, 5.74) is 5.31. The van der Waals surface area contributed by atoms with E-state index in [1.807, 2.05) is 84.2 Å². The average molecular weight is 637 g/mol. The number of unbranched alkanes of at least 4 members (excludes halogenated alkanes) is 1. The Morgan fingerprint density at radius 3 is 2.35 bits per heavy atom. The fourth-order valence-corrected chi connectivity index (χ4v) is 4.19. The summed E-state index contributed by atoms with van der Waals surface area (Å²) < 4.78 is 33.9. The van der Waals surface area contributed by atoms with Crippen molar-refractivity contribution in [2.75, 3.05) is 5.32 Å². The Morgan fingerprint density at radius 1 is 0.935 bits per heavy atom. The highest BCUT2D eigenvalue weighted by molar-refractivity contribution is 5.86. The van der Waals surface area contributed by atoms with Gasteiger partial charge < -0.3 is 14.8 Å². The maximum absolute atomic E-state index is 11.7. The molecule has 2 atom stereocenters. The molecule has 2 aromatic carbocycles. The maximum Gasteiger partial charge on any atom is 0.345 e. The molecule has 46 heavy (non-hydrogen) atoms. The molecule has 0 saturated carbocycles. The van der Waals surface area contributed by atoms with Crippen LogP contribution in [0.3, 0.4) is 0 Å². The first-order valence-corrected chi connectivity index (χ1v) is 16.2. The Bertz CT molecular complexity index is 1520. The van der Waals surface area contributed by atoms with Crippen molar-refractivity contribution in [2.24, 2.45) is 10.9 Å². The fraction of sp³-hybridized carbons (Fsp3) is 0.472. The number of hydrogen-bond donors (Lipinski definition) is 1. The van der Waals surface area contributed by atoms with Crippen LogP contribution in [-0.4, -0.2) is 38.9 Å². The number of aliphatic imine (C=N–C) groups is 1. The molecule has 0 aliphatic carbocycles. The predicted molar refractivity (Wildman–Crippen MR) is 185 cm³/mol. The van der Waals surface area contributed by atoms with Gasteiger partial charge in [-0.05, 0) is 81.3 Å². The molecule has 4 aromatic rings. The van der Waals surface area contributed by atoms with Crippen LogP contribution in [0.4, 0.5) is 26.0 Å². The lowest BCUT2D eigenvalue weighted by Gasteiger charge is -2.14. The van der Waals surface area contributed by atoms with E-state index in [-0.39, 0.29) is 6.10 Å². The molecule has 250 valence electrons. The van der Waals surface area contributed by atoms with Crippen LogP contribution in [0.5, 0.6) is 11.5 Å². The van der Waals surface area contributed by atoms with Gasteiger partial charge in [-0.2, -0.15) is 8.78 Å². The minimum atomic E-state index is -2.61. The Labute approximate surface area is 273 Å². The quantitative estimate of drug-likeness (QED) is 0.146. The van der Waals surface area contributed by atoms with E-state index in [0.29, 0.717) is 35.0 Å². The van der Waals surface area contributed by atoms with Crippen LogP contribution in [0.2, 0.25) is 0 Å². The number of halogens is 2. The number of alkyl halides is 2. The Morgan fingerprint density at radius 2 is 1.70 bits per heavy atom. The van der Waals surface area contributed by atoms with Crippen molar-refractivity contribution < 1.29 is 18.3 Å². The van der Waals surface area contributed by atoms with Crippen LogP contribution in [0.25, 0.3) is 11.0 Å². The van der Waals surface area contributed by atoms with Gasteiger partial charge in [-0.1, -0.05) is 60.5 Å². The molecule has 0 spiro atoms. The summed E-state index contributed by atoms with van der Waals surface area (Å²) >= 11 is 0. The molecular formula is C36H50F2N6O2. The zero-order chi connectivity index (χ0) is 34.1. The summed E-state index contributed by atoms with van der Waals surface area (Å²) in [6.45, 7) is 15.5. The number of hydrogen-bond acceptors (Lipinski definition) is 8. The molecule has 10 heteroatoms. The minimum absolute atomic E-state index is 0.255. The normalized spacial score (nSPS) is 12.3. The Kier molecular flexibility index (Phi) is 16.7. The predicted octanol–water partition coefficient (Wildman–Crippen LogP) is 10.8. The Hall–Kier alpha value is -4.05. The lowest BCUT2D eigenvalue weighted by atomic mass is 10.1. The number of nitrogens with zero attached hydrogens (tertiary/aromatic N) is 5. The van der Waals surface area contributed by atoms with Gasteiger partial charge >= 0.3 is 6.61 Å². The smallest absolute Gasteiger partial charge is 0.345 e. The molecule has 0 fully saturated rings. The standard InChI is InChI=1S/C26H28N6O.C8H16F2O.C2H6/c1-6-16(2)13-28-22-12-21(9-7-17(22)3)33-24-10-8-20(11-18(24)4)32-26-25-23(29-15-30-26)14-27-19(5)31-25;1-3-5-6-7(4-2)11-8(9)10;1-2/h7-16H,6H2,1-5H3,(H,29,30,32);7-8H,3-6H2,1-2H3;1-2H3. The number of rotatable bonds is 13. The van der Waals surface area contributed by atoms with Crippen LogP contribution in [0.15, 0.2) is 53.9 Å². The average Bonchev–Trinajstić information content (AvgIpc) is 3.05. The number of aryl methyl sites for hydroxylation is 3. The van der Waals surface area contributed by atoms with E-state index < -0.39 is 6.61 Å². The van der Waals surface area contributed by atoms with Crippen LogP contribution in [-0.2, 0) is 4.74 Å². The first-order valence-electron chi connectivity index (χ1n) is 16.2. The zero-order valence-electron chi connectivity index (χ0n) is 28.8. The van der Waals surface area contributed by atoms with E-state index in [0.717, 1.165) is 59.7 Å². The lowest BCUT2D eigenvalue weighted by Crippen LogP contribution is -2.15. The van der Waals surface area contributed by atoms with E-state index in [4.69, 9.17) is 4.74 Å². The van der Waals surface area contributed by atoms with Crippen molar-refractivity contribution in [3.05, 3.63) is 65.9 Å². The first-order chi connectivity index (χ1) is 22.1. The van der Waals surface area contributed by atoms with Gasteiger partial charge in [-0.3, -0.25) is 4.99 Å². The molecule has 0 aliphatic heterocycles. The third kappa shape index (κ3) is 12.4. The van der Waals surface area contributed by atoms with Gasteiger partial charge in [-0.25, -0.2) is 19.9 Å². The molecule has 0 radical (unpaired) electrons. The number of fused-ring (bicyclic) bond motifs is 1. The van der Waals surface area contributed by atoms with Crippen molar-refractivity contribution in [1.29, 1.82) is 0 Å². The van der Waals surface area contributed by atoms with Gasteiger partial charge in [0.1, 0.15) is 34.7 Å². The molecule has 2 unspecified atom stereocenters. The Balaban J connectivity index is 0.000000482. The van der Waals surface area contributed by atoms with Crippen molar-refractivity contribution >= 4 is 34.4 Å². The van der Waals surface area contributed by atoms with Gasteiger partial charge in [0.05, 0.1) is 18.0 Å². The highest BCUT2D eigenvalue weighted by Gasteiger charge is 2.12. The number of ether oxygens (including phenoxy) is 2. The zero-order valence-corrected chi connectivity index (χ0v) is 28.8. The first kappa shape index (κ1) is 38.1. The van der Waals surface area contributed by atoms with Crippen LogP contribution in [0, 0.1) is 26.7 Å². The molecule has 8 nitrogen and oxygen atoms in total.